The zero-order valence-electron chi connectivity index (χ0n) is 9.65. The molecule has 0 radical (unpaired) electrons. The maximum absolute atomic E-state index is 13.6. The van der Waals surface area contributed by atoms with Crippen molar-refractivity contribution in [3.63, 3.8) is 0 Å². The third kappa shape index (κ3) is 3.46. The van der Waals surface area contributed by atoms with Crippen LogP contribution in [0.25, 0.3) is 0 Å². The first-order valence-electron chi connectivity index (χ1n) is 5.36. The van der Waals surface area contributed by atoms with Gasteiger partial charge >= 0.3 is 12.1 Å². The lowest BCUT2D eigenvalue weighted by molar-refractivity contribution is -0.295. The van der Waals surface area contributed by atoms with Crippen LogP contribution in [0, 0.1) is 0 Å². The molecule has 0 aromatic heterocycles. The zero-order chi connectivity index (χ0) is 13.8. The Morgan fingerprint density at radius 2 is 1.94 bits per heavy atom. The van der Waals surface area contributed by atoms with Crippen LogP contribution in [0.1, 0.15) is 25.1 Å². The number of aliphatic carboxylic acids is 1. The zero-order valence-corrected chi connectivity index (χ0v) is 9.65. The van der Waals surface area contributed by atoms with Crippen LogP contribution < -0.4 is 0 Å². The molecule has 1 aromatic rings. The van der Waals surface area contributed by atoms with E-state index in [1.54, 1.807) is 6.07 Å². The van der Waals surface area contributed by atoms with Gasteiger partial charge in [-0.3, -0.25) is 0 Å². The predicted molar refractivity (Wildman–Crippen MR) is 58.0 cm³/mol. The lowest BCUT2D eigenvalue weighted by Gasteiger charge is -2.24. The number of hydrogen-bond donors (Lipinski definition) is 1. The summed E-state index contributed by atoms with van der Waals surface area (Å²) in [6.07, 6.45) is -8.79. The van der Waals surface area contributed by atoms with Crippen molar-refractivity contribution < 1.29 is 27.8 Å². The highest BCUT2D eigenvalue weighted by Crippen LogP contribution is 2.36. The summed E-state index contributed by atoms with van der Waals surface area (Å²) in [5.41, 5.74) is -0.261. The Morgan fingerprint density at radius 3 is 2.39 bits per heavy atom. The molecule has 0 aliphatic rings. The fourth-order valence-electron chi connectivity index (χ4n) is 1.37. The van der Waals surface area contributed by atoms with Gasteiger partial charge in [0.25, 0.3) is 0 Å². The molecule has 0 saturated carbocycles. The first kappa shape index (κ1) is 14.5. The SMILES string of the molecule is CCC(OC(F)(F)[C@H](F)c1ccccc1)C(=O)O. The van der Waals surface area contributed by atoms with Crippen molar-refractivity contribution in [3.8, 4) is 0 Å². The van der Waals surface area contributed by atoms with Crippen molar-refractivity contribution in [3.05, 3.63) is 35.9 Å². The second kappa shape index (κ2) is 5.86. The van der Waals surface area contributed by atoms with Crippen LogP contribution in [0.3, 0.4) is 0 Å². The molecule has 1 aromatic carbocycles. The molecular formula is C12H13F3O3. The maximum Gasteiger partial charge on any atom is 0.391 e. The van der Waals surface area contributed by atoms with E-state index in [4.69, 9.17) is 5.11 Å². The molecule has 0 fully saturated rings. The molecule has 0 saturated heterocycles. The third-order valence-electron chi connectivity index (χ3n) is 2.33. The predicted octanol–water partition coefficient (Wildman–Crippen LogP) is 3.17. The van der Waals surface area contributed by atoms with Crippen molar-refractivity contribution in [1.82, 2.24) is 0 Å². The van der Waals surface area contributed by atoms with Gasteiger partial charge in [-0.1, -0.05) is 37.3 Å². The smallest absolute Gasteiger partial charge is 0.391 e. The summed E-state index contributed by atoms with van der Waals surface area (Å²) in [5, 5.41) is 8.61. The fraction of sp³-hybridized carbons (Fsp3) is 0.417. The molecule has 1 N–H and O–H groups in total. The van der Waals surface area contributed by atoms with Crippen LogP contribution in [-0.4, -0.2) is 23.3 Å². The van der Waals surface area contributed by atoms with Crippen molar-refractivity contribution >= 4 is 5.97 Å². The van der Waals surface area contributed by atoms with Gasteiger partial charge < -0.3 is 9.84 Å². The van der Waals surface area contributed by atoms with Crippen LogP contribution in [0.5, 0.6) is 0 Å². The van der Waals surface area contributed by atoms with Crippen LogP contribution in [0.2, 0.25) is 0 Å². The van der Waals surface area contributed by atoms with Gasteiger partial charge in [0.1, 0.15) is 0 Å². The summed E-state index contributed by atoms with van der Waals surface area (Å²) < 4.78 is 44.5. The first-order valence-corrected chi connectivity index (χ1v) is 5.36. The van der Waals surface area contributed by atoms with Crippen LogP contribution in [0.4, 0.5) is 13.2 Å². The van der Waals surface area contributed by atoms with Gasteiger partial charge in [-0.25, -0.2) is 9.18 Å². The Bertz CT molecular complexity index is 395. The molecule has 1 rings (SSSR count). The Balaban J connectivity index is 2.82. The van der Waals surface area contributed by atoms with E-state index in [1.807, 2.05) is 0 Å². The number of hydrogen-bond acceptors (Lipinski definition) is 2. The van der Waals surface area contributed by atoms with Gasteiger partial charge in [-0.05, 0) is 12.0 Å². The minimum absolute atomic E-state index is 0.174. The summed E-state index contributed by atoms with van der Waals surface area (Å²) >= 11 is 0. The Morgan fingerprint density at radius 1 is 1.39 bits per heavy atom. The molecule has 0 spiro atoms. The van der Waals surface area contributed by atoms with Crippen LogP contribution >= 0.6 is 0 Å². The average molecular weight is 262 g/mol. The van der Waals surface area contributed by atoms with E-state index in [-0.39, 0.29) is 12.0 Å². The van der Waals surface area contributed by atoms with E-state index in [0.717, 1.165) is 0 Å². The molecule has 18 heavy (non-hydrogen) atoms. The largest absolute Gasteiger partial charge is 0.479 e. The van der Waals surface area contributed by atoms with E-state index < -0.39 is 24.4 Å². The summed E-state index contributed by atoms with van der Waals surface area (Å²) in [6.45, 7) is 1.37. The number of carboxylic acid groups (broad SMARTS) is 1. The number of carboxylic acids is 1. The summed E-state index contributed by atoms with van der Waals surface area (Å²) in [5.74, 6) is -1.54. The Kier molecular flexibility index (Phi) is 4.72. The number of rotatable bonds is 6. The number of carbonyl (C=O) groups is 1. The first-order chi connectivity index (χ1) is 8.38. The molecule has 6 heteroatoms. The molecule has 100 valence electrons. The minimum atomic E-state index is -4.18. The van der Waals surface area contributed by atoms with Gasteiger partial charge in [0.2, 0.25) is 6.17 Å². The normalized spacial score (nSPS) is 15.1. The molecule has 0 bridgehead atoms. The van der Waals surface area contributed by atoms with E-state index >= 15 is 0 Å². The molecule has 0 amide bonds. The van der Waals surface area contributed by atoms with Crippen molar-refractivity contribution in [1.29, 1.82) is 0 Å². The van der Waals surface area contributed by atoms with Crippen LogP contribution in [-0.2, 0) is 9.53 Å². The average Bonchev–Trinajstić information content (AvgIpc) is 2.35. The maximum atomic E-state index is 13.6. The number of ether oxygens (including phenoxy) is 1. The number of alkyl halides is 3. The van der Waals surface area contributed by atoms with Crippen LogP contribution in [0.15, 0.2) is 30.3 Å². The lowest BCUT2D eigenvalue weighted by Crippen LogP contribution is -2.36. The van der Waals surface area contributed by atoms with Crippen molar-refractivity contribution in [2.45, 2.75) is 31.7 Å². The second-order valence-electron chi connectivity index (χ2n) is 3.69. The monoisotopic (exact) mass is 262 g/mol. The van der Waals surface area contributed by atoms with E-state index in [2.05, 4.69) is 4.74 Å². The molecular weight excluding hydrogens is 249 g/mol. The molecule has 3 nitrogen and oxygen atoms in total. The lowest BCUT2D eigenvalue weighted by atomic mass is 10.1. The topological polar surface area (TPSA) is 46.5 Å². The summed E-state index contributed by atoms with van der Waals surface area (Å²) in [4.78, 5) is 10.6. The molecule has 1 unspecified atom stereocenters. The summed E-state index contributed by atoms with van der Waals surface area (Å²) in [7, 11) is 0. The van der Waals surface area contributed by atoms with Crippen molar-refractivity contribution in [2.75, 3.05) is 0 Å². The highest BCUT2D eigenvalue weighted by atomic mass is 19.3. The van der Waals surface area contributed by atoms with Gasteiger partial charge in [0, 0.05) is 0 Å². The summed E-state index contributed by atoms with van der Waals surface area (Å²) in [6, 6.07) is 6.74. The fourth-order valence-corrected chi connectivity index (χ4v) is 1.37. The highest BCUT2D eigenvalue weighted by molar-refractivity contribution is 5.72. The van der Waals surface area contributed by atoms with Gasteiger partial charge in [0.15, 0.2) is 6.10 Å². The minimum Gasteiger partial charge on any atom is -0.479 e. The highest BCUT2D eigenvalue weighted by Gasteiger charge is 2.45. The quantitative estimate of drug-likeness (QED) is 0.856. The van der Waals surface area contributed by atoms with E-state index in [0.29, 0.717) is 0 Å². The molecule has 0 aliphatic carbocycles. The van der Waals surface area contributed by atoms with E-state index in [9.17, 15) is 18.0 Å². The second-order valence-corrected chi connectivity index (χ2v) is 3.69. The van der Waals surface area contributed by atoms with Gasteiger partial charge in [-0.15, -0.1) is 0 Å². The number of halogens is 3. The third-order valence-corrected chi connectivity index (χ3v) is 2.33. The van der Waals surface area contributed by atoms with Gasteiger partial charge in [-0.2, -0.15) is 8.78 Å². The molecule has 0 aliphatic heterocycles. The van der Waals surface area contributed by atoms with Gasteiger partial charge in [0.05, 0.1) is 0 Å². The molecule has 0 heterocycles. The standard InChI is InChI=1S/C12H13F3O3/c1-2-9(11(16)17)18-12(14,15)10(13)8-6-4-3-5-7-8/h3-7,9-10H,2H2,1H3,(H,16,17)/t9?,10-/m1/s1. The van der Waals surface area contributed by atoms with E-state index in [1.165, 1.54) is 31.2 Å². The number of benzene rings is 1. The Labute approximate surface area is 102 Å². The molecule has 2 atom stereocenters. The Hall–Kier alpha value is -1.56. The van der Waals surface area contributed by atoms with Crippen molar-refractivity contribution in [2.24, 2.45) is 0 Å².